The van der Waals surface area contributed by atoms with E-state index >= 15 is 0 Å². The van der Waals surface area contributed by atoms with Crippen molar-refractivity contribution in [1.82, 2.24) is 4.98 Å². The molecular formula is C17H20N. The Hall–Kier alpha value is -1.63. The van der Waals surface area contributed by atoms with E-state index in [0.717, 1.165) is 6.42 Å². The minimum atomic E-state index is 0.161. The van der Waals surface area contributed by atoms with Gasteiger partial charge in [-0.2, -0.15) is 0 Å². The van der Waals surface area contributed by atoms with Crippen molar-refractivity contribution in [2.45, 2.75) is 32.6 Å². The quantitative estimate of drug-likeness (QED) is 0.769. The zero-order valence-corrected chi connectivity index (χ0v) is 11.4. The predicted molar refractivity (Wildman–Crippen MR) is 76.3 cm³/mol. The maximum Gasteiger partial charge on any atom is 0.0270 e. The maximum atomic E-state index is 4.07. The number of pyridine rings is 1. The second kappa shape index (κ2) is 5.34. The first kappa shape index (κ1) is 12.8. The van der Waals surface area contributed by atoms with Crippen LogP contribution in [-0.2, 0) is 5.41 Å². The van der Waals surface area contributed by atoms with Crippen molar-refractivity contribution in [3.05, 3.63) is 71.9 Å². The Morgan fingerprint density at radius 3 is 2.22 bits per heavy atom. The van der Waals surface area contributed by atoms with E-state index in [1.165, 1.54) is 17.0 Å². The molecule has 2 aromatic rings. The minimum Gasteiger partial charge on any atom is -0.265 e. The van der Waals surface area contributed by atoms with Crippen molar-refractivity contribution in [1.29, 1.82) is 0 Å². The van der Waals surface area contributed by atoms with Gasteiger partial charge in [-0.05, 0) is 35.1 Å². The molecule has 1 radical (unpaired) electrons. The number of nitrogens with zero attached hydrogens (tertiary/aromatic N) is 1. The van der Waals surface area contributed by atoms with Crippen molar-refractivity contribution >= 4 is 0 Å². The fourth-order valence-corrected chi connectivity index (χ4v) is 2.39. The zero-order valence-electron chi connectivity index (χ0n) is 11.4. The molecule has 1 nitrogen and oxygen atoms in total. The third kappa shape index (κ3) is 2.98. The van der Waals surface area contributed by atoms with Gasteiger partial charge in [-0.25, -0.2) is 0 Å². The van der Waals surface area contributed by atoms with Crippen LogP contribution in [0.25, 0.3) is 0 Å². The highest BCUT2D eigenvalue weighted by molar-refractivity contribution is 5.32. The molecule has 0 spiro atoms. The van der Waals surface area contributed by atoms with Gasteiger partial charge in [-0.1, -0.05) is 51.1 Å². The molecule has 0 bridgehead atoms. The van der Waals surface area contributed by atoms with Crippen LogP contribution in [0.1, 0.15) is 38.3 Å². The van der Waals surface area contributed by atoms with Gasteiger partial charge in [0.05, 0.1) is 0 Å². The summed E-state index contributed by atoms with van der Waals surface area (Å²) in [5.74, 6) is 1.41. The van der Waals surface area contributed by atoms with Crippen LogP contribution in [0, 0.1) is 5.92 Å². The summed E-state index contributed by atoms with van der Waals surface area (Å²) >= 11 is 0. The molecule has 0 amide bonds. The molecule has 0 aliphatic heterocycles. The second-order valence-corrected chi connectivity index (χ2v) is 5.44. The van der Waals surface area contributed by atoms with Crippen LogP contribution in [-0.4, -0.2) is 4.98 Å². The Labute approximate surface area is 110 Å². The van der Waals surface area contributed by atoms with Crippen molar-refractivity contribution in [2.24, 2.45) is 0 Å². The molecule has 0 atom stereocenters. The molecule has 1 heteroatoms. The van der Waals surface area contributed by atoms with Gasteiger partial charge in [0, 0.05) is 18.3 Å². The van der Waals surface area contributed by atoms with Gasteiger partial charge in [0.15, 0.2) is 0 Å². The maximum absolute atomic E-state index is 4.07. The van der Waals surface area contributed by atoms with Crippen LogP contribution in [0.4, 0.5) is 0 Å². The van der Waals surface area contributed by atoms with Gasteiger partial charge in [0.25, 0.3) is 0 Å². The van der Waals surface area contributed by atoms with E-state index in [2.05, 4.69) is 68.2 Å². The van der Waals surface area contributed by atoms with Gasteiger partial charge in [-0.15, -0.1) is 0 Å². The Kier molecular flexibility index (Phi) is 3.81. The Morgan fingerprint density at radius 1 is 1.00 bits per heavy atom. The molecule has 0 aliphatic rings. The summed E-state index contributed by atoms with van der Waals surface area (Å²) in [4.78, 5) is 4.07. The van der Waals surface area contributed by atoms with Crippen LogP contribution in [0.2, 0.25) is 0 Å². The molecule has 0 fully saturated rings. The molecular weight excluding hydrogens is 218 g/mol. The molecule has 0 saturated heterocycles. The number of hydrogen-bond acceptors (Lipinski definition) is 1. The van der Waals surface area contributed by atoms with E-state index in [-0.39, 0.29) is 5.41 Å². The van der Waals surface area contributed by atoms with Gasteiger partial charge in [0.1, 0.15) is 0 Å². The van der Waals surface area contributed by atoms with E-state index in [0.29, 0.717) is 0 Å². The van der Waals surface area contributed by atoms with Gasteiger partial charge >= 0.3 is 0 Å². The highest BCUT2D eigenvalue weighted by Crippen LogP contribution is 2.33. The normalized spacial score (nSPS) is 11.8. The van der Waals surface area contributed by atoms with Crippen LogP contribution in [0.5, 0.6) is 0 Å². The summed E-state index contributed by atoms with van der Waals surface area (Å²) in [5, 5.41) is 0. The first-order chi connectivity index (χ1) is 8.59. The van der Waals surface area contributed by atoms with Crippen LogP contribution in [0.15, 0.2) is 54.9 Å². The molecule has 1 aromatic heterocycles. The standard InChI is InChI=1S/C17H20N/c1-14(15-9-11-18-12-10-15)13-17(2,3)16-7-5-4-6-8-16/h4-12H,13H2,1-3H3. The Balaban J connectivity index is 2.14. The second-order valence-electron chi connectivity index (χ2n) is 5.44. The predicted octanol–water partition coefficient (Wildman–Crippen LogP) is 4.39. The van der Waals surface area contributed by atoms with Crippen molar-refractivity contribution < 1.29 is 0 Å². The summed E-state index contributed by atoms with van der Waals surface area (Å²) in [6.07, 6.45) is 4.77. The topological polar surface area (TPSA) is 12.9 Å². The first-order valence-electron chi connectivity index (χ1n) is 6.38. The SMILES string of the molecule is C[C](CC(C)(C)c1ccccc1)c1ccncc1. The molecule has 0 saturated carbocycles. The van der Waals surface area contributed by atoms with Crippen molar-refractivity contribution in [3.8, 4) is 0 Å². The summed E-state index contributed by atoms with van der Waals surface area (Å²) in [7, 11) is 0. The summed E-state index contributed by atoms with van der Waals surface area (Å²) in [5.41, 5.74) is 2.83. The molecule has 1 aromatic carbocycles. The fourth-order valence-electron chi connectivity index (χ4n) is 2.39. The number of benzene rings is 1. The lowest BCUT2D eigenvalue weighted by molar-refractivity contribution is 0.498. The van der Waals surface area contributed by atoms with E-state index in [1.807, 2.05) is 12.4 Å². The first-order valence-corrected chi connectivity index (χ1v) is 6.38. The molecule has 2 rings (SSSR count). The Bertz CT molecular complexity index is 473. The average molecular weight is 238 g/mol. The van der Waals surface area contributed by atoms with Crippen molar-refractivity contribution in [3.63, 3.8) is 0 Å². The summed E-state index contributed by atoms with van der Waals surface area (Å²) in [6, 6.07) is 14.9. The van der Waals surface area contributed by atoms with Crippen LogP contribution in [0.3, 0.4) is 0 Å². The average Bonchev–Trinajstić information content (AvgIpc) is 2.40. The number of rotatable bonds is 4. The highest BCUT2D eigenvalue weighted by atomic mass is 14.6. The number of hydrogen-bond donors (Lipinski definition) is 0. The van der Waals surface area contributed by atoms with E-state index in [1.54, 1.807) is 0 Å². The number of aromatic nitrogens is 1. The van der Waals surface area contributed by atoms with Gasteiger partial charge < -0.3 is 0 Å². The zero-order chi connectivity index (χ0) is 13.0. The lowest BCUT2D eigenvalue weighted by Gasteiger charge is -2.28. The third-order valence-corrected chi connectivity index (χ3v) is 3.44. The third-order valence-electron chi connectivity index (χ3n) is 3.44. The van der Waals surface area contributed by atoms with E-state index in [9.17, 15) is 0 Å². The fraction of sp³-hybridized carbons (Fsp3) is 0.294. The monoisotopic (exact) mass is 238 g/mol. The molecule has 0 N–H and O–H groups in total. The van der Waals surface area contributed by atoms with Crippen molar-refractivity contribution in [2.75, 3.05) is 0 Å². The lowest BCUT2D eigenvalue weighted by Crippen LogP contribution is -2.20. The van der Waals surface area contributed by atoms with Crippen LogP contribution < -0.4 is 0 Å². The molecule has 18 heavy (non-hydrogen) atoms. The summed E-state index contributed by atoms with van der Waals surface area (Å²) in [6.45, 7) is 6.81. The largest absolute Gasteiger partial charge is 0.265 e. The summed E-state index contributed by atoms with van der Waals surface area (Å²) < 4.78 is 0. The molecule has 0 aliphatic carbocycles. The smallest absolute Gasteiger partial charge is 0.0270 e. The molecule has 93 valence electrons. The minimum absolute atomic E-state index is 0.161. The van der Waals surface area contributed by atoms with Crippen LogP contribution >= 0.6 is 0 Å². The van der Waals surface area contributed by atoms with Gasteiger partial charge in [-0.3, -0.25) is 4.98 Å². The van der Waals surface area contributed by atoms with E-state index < -0.39 is 0 Å². The Morgan fingerprint density at radius 2 is 1.61 bits per heavy atom. The van der Waals surface area contributed by atoms with Gasteiger partial charge in [0.2, 0.25) is 0 Å². The lowest BCUT2D eigenvalue weighted by atomic mass is 9.76. The molecule has 1 heterocycles. The highest BCUT2D eigenvalue weighted by Gasteiger charge is 2.24. The van der Waals surface area contributed by atoms with E-state index in [4.69, 9.17) is 0 Å². The molecule has 0 unspecified atom stereocenters.